The second kappa shape index (κ2) is 5.51. The van der Waals surface area contributed by atoms with E-state index in [1.165, 1.54) is 4.90 Å². The van der Waals surface area contributed by atoms with Gasteiger partial charge in [-0.2, -0.15) is 0 Å². The topological polar surface area (TPSA) is 77.2 Å². The first-order chi connectivity index (χ1) is 12.0. The molecule has 6 heteroatoms. The summed E-state index contributed by atoms with van der Waals surface area (Å²) < 4.78 is 11.1. The predicted molar refractivity (Wildman–Crippen MR) is 94.6 cm³/mol. The van der Waals surface area contributed by atoms with Gasteiger partial charge < -0.3 is 15.2 Å². The van der Waals surface area contributed by atoms with Gasteiger partial charge in [-0.1, -0.05) is 18.2 Å². The van der Waals surface area contributed by atoms with E-state index in [0.717, 1.165) is 22.4 Å². The fourth-order valence-electron chi connectivity index (χ4n) is 3.44. The molecular formula is C19H19N3O3. The van der Waals surface area contributed by atoms with E-state index in [1.807, 2.05) is 42.5 Å². The largest absolute Gasteiger partial charge is 0.497 e. The summed E-state index contributed by atoms with van der Waals surface area (Å²) in [6.07, 6.45) is 0.478. The summed E-state index contributed by atoms with van der Waals surface area (Å²) in [7, 11) is 3.29. The number of hydrogen-bond acceptors (Lipinski definition) is 5. The van der Waals surface area contributed by atoms with Crippen molar-refractivity contribution in [3.63, 3.8) is 0 Å². The molecule has 2 aromatic rings. The van der Waals surface area contributed by atoms with Crippen LogP contribution in [0.4, 0.5) is 0 Å². The number of carbonyl (C=O) groups excluding carboxylic acids is 1. The van der Waals surface area contributed by atoms with Crippen molar-refractivity contribution in [1.82, 2.24) is 4.90 Å². The van der Waals surface area contributed by atoms with Crippen LogP contribution in [0.15, 0.2) is 47.5 Å². The number of rotatable bonds is 2. The summed E-state index contributed by atoms with van der Waals surface area (Å²) in [6.45, 7) is 0.432. The van der Waals surface area contributed by atoms with Crippen molar-refractivity contribution in [2.45, 2.75) is 12.0 Å². The van der Waals surface area contributed by atoms with Crippen molar-refractivity contribution in [2.75, 3.05) is 20.8 Å². The molecule has 25 heavy (non-hydrogen) atoms. The number of amides is 1. The Labute approximate surface area is 145 Å². The number of likely N-dealkylation sites (N-methyl/N-ethyl adjacent to an activating group) is 1. The third-order valence-corrected chi connectivity index (χ3v) is 4.86. The van der Waals surface area contributed by atoms with E-state index in [0.29, 0.717) is 18.8 Å². The molecule has 0 saturated carbocycles. The Morgan fingerprint density at radius 1 is 1.24 bits per heavy atom. The quantitative estimate of drug-likeness (QED) is 0.911. The lowest BCUT2D eigenvalue weighted by Crippen LogP contribution is -2.42. The molecule has 2 N–H and O–H groups in total. The molecule has 0 aromatic heterocycles. The molecule has 1 amide bonds. The van der Waals surface area contributed by atoms with Gasteiger partial charge in [-0.05, 0) is 35.4 Å². The number of carbonyl (C=O) groups is 1. The second-order valence-electron chi connectivity index (χ2n) is 6.24. The third kappa shape index (κ3) is 2.25. The van der Waals surface area contributed by atoms with Crippen molar-refractivity contribution in [1.29, 1.82) is 0 Å². The van der Waals surface area contributed by atoms with Gasteiger partial charge in [0.25, 0.3) is 5.91 Å². The molecule has 1 atom stereocenters. The van der Waals surface area contributed by atoms with Crippen molar-refractivity contribution >= 4 is 11.9 Å². The van der Waals surface area contributed by atoms with Gasteiger partial charge in [-0.3, -0.25) is 9.69 Å². The number of hydrogen-bond donors (Lipinski definition) is 1. The zero-order valence-corrected chi connectivity index (χ0v) is 14.2. The van der Waals surface area contributed by atoms with Crippen LogP contribution in [-0.2, 0) is 10.3 Å². The van der Waals surface area contributed by atoms with Crippen LogP contribution >= 0.6 is 0 Å². The van der Waals surface area contributed by atoms with Crippen LogP contribution in [0.25, 0.3) is 11.1 Å². The molecular weight excluding hydrogens is 318 g/mol. The lowest BCUT2D eigenvalue weighted by Gasteiger charge is -2.32. The maximum Gasteiger partial charge on any atom is 0.261 e. The lowest BCUT2D eigenvalue weighted by atomic mass is 9.83. The van der Waals surface area contributed by atoms with Crippen LogP contribution in [-0.4, -0.2) is 37.5 Å². The zero-order chi connectivity index (χ0) is 17.6. The molecule has 2 aromatic carbocycles. The van der Waals surface area contributed by atoms with Crippen LogP contribution in [0.1, 0.15) is 12.0 Å². The van der Waals surface area contributed by atoms with Gasteiger partial charge in [0.2, 0.25) is 0 Å². The standard InChI is InChI=1S/C19H19N3O3/c1-22-17(23)19(21-18(22)20)8-9-25-16-7-6-13(11-15(16)19)12-4-3-5-14(10-12)24-2/h3-7,10-11H,8-9H2,1-2H3,(H2,20,21). The Hall–Kier alpha value is -3.02. The van der Waals surface area contributed by atoms with Crippen LogP contribution in [0.3, 0.4) is 0 Å². The lowest BCUT2D eigenvalue weighted by molar-refractivity contribution is -0.131. The molecule has 4 rings (SSSR count). The van der Waals surface area contributed by atoms with E-state index in [-0.39, 0.29) is 11.9 Å². The molecule has 2 aliphatic heterocycles. The Morgan fingerprint density at radius 3 is 2.76 bits per heavy atom. The molecule has 2 aliphatic rings. The second-order valence-corrected chi connectivity index (χ2v) is 6.24. The Bertz CT molecular complexity index is 893. The molecule has 0 radical (unpaired) electrons. The van der Waals surface area contributed by atoms with E-state index in [1.54, 1.807) is 14.2 Å². The first-order valence-electron chi connectivity index (χ1n) is 8.10. The fourth-order valence-corrected chi connectivity index (χ4v) is 3.44. The van der Waals surface area contributed by atoms with E-state index < -0.39 is 5.54 Å². The normalized spacial score (nSPS) is 21.8. The number of guanidine groups is 1. The monoisotopic (exact) mass is 337 g/mol. The number of benzene rings is 2. The zero-order valence-electron chi connectivity index (χ0n) is 14.2. The SMILES string of the molecule is COc1cccc(-c2ccc3c(c2)C2(CCO3)N=C(N)N(C)C2=O)c1. The van der Waals surface area contributed by atoms with Crippen LogP contribution < -0.4 is 15.2 Å². The summed E-state index contributed by atoms with van der Waals surface area (Å²) in [6, 6.07) is 13.6. The molecule has 1 unspecified atom stereocenters. The van der Waals surface area contributed by atoms with Crippen molar-refractivity contribution in [2.24, 2.45) is 10.7 Å². The van der Waals surface area contributed by atoms with E-state index in [2.05, 4.69) is 4.99 Å². The summed E-state index contributed by atoms with van der Waals surface area (Å²) in [5.74, 6) is 1.58. The smallest absolute Gasteiger partial charge is 0.261 e. The van der Waals surface area contributed by atoms with Crippen LogP contribution in [0.5, 0.6) is 11.5 Å². The molecule has 0 saturated heterocycles. The van der Waals surface area contributed by atoms with Crippen LogP contribution in [0.2, 0.25) is 0 Å². The number of methoxy groups -OCH3 is 1. The maximum absolute atomic E-state index is 12.9. The molecule has 2 heterocycles. The number of ether oxygens (including phenoxy) is 2. The number of aliphatic imine (C=N–C) groups is 1. The fraction of sp³-hybridized carbons (Fsp3) is 0.263. The van der Waals surface area contributed by atoms with Gasteiger partial charge >= 0.3 is 0 Å². The summed E-state index contributed by atoms with van der Waals surface area (Å²) in [5.41, 5.74) is 7.66. The summed E-state index contributed by atoms with van der Waals surface area (Å²) in [5, 5.41) is 0. The average Bonchev–Trinajstić information content (AvgIpc) is 2.86. The Kier molecular flexibility index (Phi) is 3.42. The van der Waals surface area contributed by atoms with Gasteiger partial charge in [0.1, 0.15) is 11.5 Å². The van der Waals surface area contributed by atoms with E-state index >= 15 is 0 Å². The van der Waals surface area contributed by atoms with Crippen LogP contribution in [0, 0.1) is 0 Å². The number of nitrogens with zero attached hydrogens (tertiary/aromatic N) is 2. The minimum Gasteiger partial charge on any atom is -0.497 e. The van der Waals surface area contributed by atoms with Gasteiger partial charge in [0.05, 0.1) is 13.7 Å². The number of fused-ring (bicyclic) bond motifs is 2. The van der Waals surface area contributed by atoms with Crippen molar-refractivity contribution in [3.8, 4) is 22.6 Å². The maximum atomic E-state index is 12.9. The minimum atomic E-state index is -0.985. The minimum absolute atomic E-state index is 0.114. The highest BCUT2D eigenvalue weighted by atomic mass is 16.5. The van der Waals surface area contributed by atoms with E-state index in [9.17, 15) is 4.79 Å². The van der Waals surface area contributed by atoms with E-state index in [4.69, 9.17) is 15.2 Å². The molecule has 128 valence electrons. The number of nitrogens with two attached hydrogens (primary N) is 1. The highest BCUT2D eigenvalue weighted by molar-refractivity contribution is 6.07. The van der Waals surface area contributed by atoms with Crippen molar-refractivity contribution in [3.05, 3.63) is 48.0 Å². The average molecular weight is 337 g/mol. The Balaban J connectivity index is 1.86. The summed E-state index contributed by atoms with van der Waals surface area (Å²) in [4.78, 5) is 18.8. The van der Waals surface area contributed by atoms with Crippen molar-refractivity contribution < 1.29 is 14.3 Å². The summed E-state index contributed by atoms with van der Waals surface area (Å²) >= 11 is 0. The predicted octanol–water partition coefficient (Wildman–Crippen LogP) is 2.13. The van der Waals surface area contributed by atoms with Gasteiger partial charge in [0.15, 0.2) is 11.5 Å². The molecule has 0 aliphatic carbocycles. The first-order valence-corrected chi connectivity index (χ1v) is 8.10. The Morgan fingerprint density at radius 2 is 2.04 bits per heavy atom. The van der Waals surface area contributed by atoms with Gasteiger partial charge in [0, 0.05) is 19.0 Å². The molecule has 1 spiro atoms. The highest BCUT2D eigenvalue weighted by Gasteiger charge is 2.51. The third-order valence-electron chi connectivity index (χ3n) is 4.86. The molecule has 6 nitrogen and oxygen atoms in total. The highest BCUT2D eigenvalue weighted by Crippen LogP contribution is 2.45. The van der Waals surface area contributed by atoms with Gasteiger partial charge in [-0.25, -0.2) is 4.99 Å². The first kappa shape index (κ1) is 15.5. The van der Waals surface area contributed by atoms with Gasteiger partial charge in [-0.15, -0.1) is 0 Å². The molecule has 0 fully saturated rings. The molecule has 0 bridgehead atoms.